The molecule has 27 heavy (non-hydrogen) atoms. The van der Waals surface area contributed by atoms with Gasteiger partial charge < -0.3 is 14.8 Å². The number of methoxy groups -OCH3 is 1. The minimum absolute atomic E-state index is 0.407. The summed E-state index contributed by atoms with van der Waals surface area (Å²) in [6.45, 7) is 1.66. The van der Waals surface area contributed by atoms with Crippen molar-refractivity contribution in [2.45, 2.75) is 32.1 Å². The molecule has 8 heteroatoms. The van der Waals surface area contributed by atoms with Crippen LogP contribution in [-0.2, 0) is 30.8 Å². The third-order valence-electron chi connectivity index (χ3n) is 4.90. The van der Waals surface area contributed by atoms with Gasteiger partial charge in [0, 0.05) is 37.5 Å². The van der Waals surface area contributed by atoms with Crippen molar-refractivity contribution in [1.82, 2.24) is 24.6 Å². The second kappa shape index (κ2) is 7.24. The Morgan fingerprint density at radius 3 is 3.04 bits per heavy atom. The molecule has 1 aliphatic heterocycles. The van der Waals surface area contributed by atoms with Crippen LogP contribution in [0.15, 0.2) is 43.0 Å². The number of ether oxygens (including phenoxy) is 1. The first-order valence-electron chi connectivity index (χ1n) is 8.75. The summed E-state index contributed by atoms with van der Waals surface area (Å²) in [4.78, 5) is 21.1. The molecule has 1 aliphatic rings. The summed E-state index contributed by atoms with van der Waals surface area (Å²) in [6, 6.07) is 7.26. The number of aromatic nitrogens is 4. The van der Waals surface area contributed by atoms with Crippen LogP contribution < -0.4 is 4.74 Å². The average Bonchev–Trinajstić information content (AvgIpc) is 3.32. The minimum atomic E-state index is -0.825. The van der Waals surface area contributed by atoms with E-state index in [1.165, 1.54) is 0 Å². The fourth-order valence-corrected chi connectivity index (χ4v) is 3.55. The lowest BCUT2D eigenvalue weighted by molar-refractivity contribution is -0.144. The number of hydrogen-bond donors (Lipinski definition) is 2. The Morgan fingerprint density at radius 1 is 1.41 bits per heavy atom. The number of nitrogens with zero attached hydrogens (tertiary/aromatic N) is 4. The number of carboxylic acids is 1. The first-order chi connectivity index (χ1) is 13.1. The quantitative estimate of drug-likeness (QED) is 0.688. The van der Waals surface area contributed by atoms with Crippen LogP contribution in [-0.4, -0.2) is 48.9 Å². The third-order valence-corrected chi connectivity index (χ3v) is 4.90. The zero-order valence-electron chi connectivity index (χ0n) is 15.0. The van der Waals surface area contributed by atoms with Gasteiger partial charge in [-0.2, -0.15) is 5.10 Å². The van der Waals surface area contributed by atoms with Crippen LogP contribution in [0.5, 0.6) is 5.75 Å². The van der Waals surface area contributed by atoms with Crippen molar-refractivity contribution >= 4 is 5.97 Å². The Morgan fingerprint density at radius 2 is 2.30 bits per heavy atom. The third kappa shape index (κ3) is 3.56. The molecule has 0 saturated carbocycles. The molecule has 4 rings (SSSR count). The van der Waals surface area contributed by atoms with Gasteiger partial charge in [0.1, 0.15) is 11.8 Å². The minimum Gasteiger partial charge on any atom is -0.496 e. The molecular formula is C19H21N5O3. The van der Waals surface area contributed by atoms with Crippen LogP contribution >= 0.6 is 0 Å². The molecule has 3 heterocycles. The van der Waals surface area contributed by atoms with Crippen LogP contribution in [0.3, 0.4) is 0 Å². The standard InChI is InChI=1S/C19H21N5O3/c1-27-18-4-3-13(7-14(18)10-24-6-2-5-22-24)9-23-11-16-15(20-12-21-16)8-17(23)19(25)26/h2-7,12,17H,8-11H2,1H3,(H,20,21)(H,25,26)/t17-/m0/s1. The van der Waals surface area contributed by atoms with E-state index in [0.717, 1.165) is 28.3 Å². The number of aromatic amines is 1. The summed E-state index contributed by atoms with van der Waals surface area (Å²) in [5, 5.41) is 13.9. The fraction of sp³-hybridized carbons (Fsp3) is 0.316. The number of benzene rings is 1. The number of rotatable bonds is 6. The molecule has 1 atom stereocenters. The zero-order valence-corrected chi connectivity index (χ0v) is 15.0. The van der Waals surface area contributed by atoms with Gasteiger partial charge in [0.25, 0.3) is 0 Å². The van der Waals surface area contributed by atoms with E-state index >= 15 is 0 Å². The number of fused-ring (bicyclic) bond motifs is 1. The number of carboxylic acid groups (broad SMARTS) is 1. The molecular weight excluding hydrogens is 346 g/mol. The number of imidazole rings is 1. The van der Waals surface area contributed by atoms with E-state index in [4.69, 9.17) is 4.74 Å². The molecule has 0 fully saturated rings. The Kier molecular flexibility index (Phi) is 4.64. The molecule has 2 aromatic heterocycles. The second-order valence-corrected chi connectivity index (χ2v) is 6.64. The highest BCUT2D eigenvalue weighted by Crippen LogP contribution is 2.26. The van der Waals surface area contributed by atoms with Crippen LogP contribution in [0.25, 0.3) is 0 Å². The highest BCUT2D eigenvalue weighted by Gasteiger charge is 2.32. The van der Waals surface area contributed by atoms with E-state index in [-0.39, 0.29) is 0 Å². The molecule has 0 saturated heterocycles. The van der Waals surface area contributed by atoms with Gasteiger partial charge in [-0.3, -0.25) is 14.4 Å². The van der Waals surface area contributed by atoms with Crippen LogP contribution in [0, 0.1) is 0 Å². The summed E-state index contributed by atoms with van der Waals surface area (Å²) >= 11 is 0. The summed E-state index contributed by atoms with van der Waals surface area (Å²) < 4.78 is 7.31. The van der Waals surface area contributed by atoms with Crippen LogP contribution in [0.4, 0.5) is 0 Å². The predicted molar refractivity (Wildman–Crippen MR) is 97.3 cm³/mol. The average molecular weight is 367 g/mol. The molecule has 0 bridgehead atoms. The molecule has 140 valence electrons. The molecule has 1 aromatic carbocycles. The van der Waals surface area contributed by atoms with Crippen molar-refractivity contribution in [2.75, 3.05) is 7.11 Å². The topological polar surface area (TPSA) is 96.3 Å². The van der Waals surface area contributed by atoms with Crippen molar-refractivity contribution in [3.63, 3.8) is 0 Å². The van der Waals surface area contributed by atoms with Gasteiger partial charge in [-0.15, -0.1) is 0 Å². The van der Waals surface area contributed by atoms with Gasteiger partial charge >= 0.3 is 5.97 Å². The molecule has 0 aliphatic carbocycles. The summed E-state index contributed by atoms with van der Waals surface area (Å²) in [5.41, 5.74) is 3.86. The highest BCUT2D eigenvalue weighted by molar-refractivity contribution is 5.74. The van der Waals surface area contributed by atoms with Gasteiger partial charge in [0.05, 0.1) is 31.4 Å². The summed E-state index contributed by atoms with van der Waals surface area (Å²) in [7, 11) is 1.65. The Balaban J connectivity index is 1.58. The Labute approximate surface area is 156 Å². The van der Waals surface area contributed by atoms with Crippen molar-refractivity contribution in [2.24, 2.45) is 0 Å². The molecule has 3 aromatic rings. The normalized spacial score (nSPS) is 16.9. The lowest BCUT2D eigenvalue weighted by atomic mass is 10.0. The largest absolute Gasteiger partial charge is 0.496 e. The smallest absolute Gasteiger partial charge is 0.321 e. The van der Waals surface area contributed by atoms with Gasteiger partial charge in [0.15, 0.2) is 0 Å². The number of nitrogens with one attached hydrogen (secondary N) is 1. The first-order valence-corrected chi connectivity index (χ1v) is 8.75. The molecule has 0 radical (unpaired) electrons. The molecule has 0 unspecified atom stereocenters. The maximum absolute atomic E-state index is 11.8. The Bertz CT molecular complexity index is 935. The number of carbonyl (C=O) groups is 1. The van der Waals surface area contributed by atoms with E-state index in [1.54, 1.807) is 19.6 Å². The van der Waals surface area contributed by atoms with Crippen molar-refractivity contribution < 1.29 is 14.6 Å². The summed E-state index contributed by atoms with van der Waals surface area (Å²) in [5.74, 6) is -0.0348. The Hall–Kier alpha value is -3.13. The van der Waals surface area contributed by atoms with E-state index in [2.05, 4.69) is 21.1 Å². The number of hydrogen-bond acceptors (Lipinski definition) is 5. The van der Waals surface area contributed by atoms with Crippen LogP contribution in [0.1, 0.15) is 22.5 Å². The van der Waals surface area contributed by atoms with E-state index in [1.807, 2.05) is 34.0 Å². The van der Waals surface area contributed by atoms with Crippen molar-refractivity contribution in [1.29, 1.82) is 0 Å². The monoisotopic (exact) mass is 367 g/mol. The van der Waals surface area contributed by atoms with E-state index in [9.17, 15) is 9.90 Å². The molecule has 8 nitrogen and oxygen atoms in total. The maximum Gasteiger partial charge on any atom is 0.321 e. The van der Waals surface area contributed by atoms with Gasteiger partial charge in [-0.1, -0.05) is 6.07 Å². The first kappa shape index (κ1) is 17.3. The predicted octanol–water partition coefficient (Wildman–Crippen LogP) is 1.67. The van der Waals surface area contributed by atoms with Gasteiger partial charge in [-0.25, -0.2) is 4.98 Å². The fourth-order valence-electron chi connectivity index (χ4n) is 3.55. The molecule has 0 spiro atoms. The number of H-pyrrole nitrogens is 1. The van der Waals surface area contributed by atoms with Gasteiger partial charge in [0.2, 0.25) is 0 Å². The van der Waals surface area contributed by atoms with E-state index in [0.29, 0.717) is 26.1 Å². The lowest BCUT2D eigenvalue weighted by Crippen LogP contribution is -2.45. The number of aliphatic carboxylic acids is 1. The van der Waals surface area contributed by atoms with E-state index < -0.39 is 12.0 Å². The maximum atomic E-state index is 11.8. The SMILES string of the molecule is COc1ccc(CN2Cc3[nH]cnc3C[C@H]2C(=O)O)cc1Cn1cccn1. The van der Waals surface area contributed by atoms with Crippen molar-refractivity contribution in [3.8, 4) is 5.75 Å². The second-order valence-electron chi connectivity index (χ2n) is 6.64. The highest BCUT2D eigenvalue weighted by atomic mass is 16.5. The van der Waals surface area contributed by atoms with Crippen molar-refractivity contribution in [3.05, 3.63) is 65.5 Å². The summed E-state index contributed by atoms with van der Waals surface area (Å²) in [6.07, 6.45) is 5.67. The van der Waals surface area contributed by atoms with Crippen LogP contribution in [0.2, 0.25) is 0 Å². The van der Waals surface area contributed by atoms with Gasteiger partial charge in [-0.05, 0) is 23.8 Å². The molecule has 2 N–H and O–H groups in total. The zero-order chi connectivity index (χ0) is 18.8. The molecule has 0 amide bonds. The lowest BCUT2D eigenvalue weighted by Gasteiger charge is -2.32.